The van der Waals surface area contributed by atoms with Gasteiger partial charge in [0.2, 0.25) is 0 Å². The lowest BCUT2D eigenvalue weighted by molar-refractivity contribution is 0.300. The van der Waals surface area contributed by atoms with Crippen molar-refractivity contribution in [1.82, 2.24) is 10.6 Å². The van der Waals surface area contributed by atoms with Crippen LogP contribution >= 0.6 is 12.2 Å². The molecule has 0 spiro atoms. The van der Waals surface area contributed by atoms with Crippen molar-refractivity contribution >= 4 is 17.3 Å². The van der Waals surface area contributed by atoms with Crippen LogP contribution < -0.4 is 10.6 Å². The van der Waals surface area contributed by atoms with Gasteiger partial charge in [-0.1, -0.05) is 6.08 Å². The third-order valence-corrected chi connectivity index (χ3v) is 1.04. The SMILES string of the molecule is CC=CNC(=S)NCCO. The molecule has 3 N–H and O–H groups in total. The van der Waals surface area contributed by atoms with Gasteiger partial charge >= 0.3 is 0 Å². The average Bonchev–Trinajstić information content (AvgIpc) is 1.97. The molecule has 0 heterocycles. The topological polar surface area (TPSA) is 44.3 Å². The van der Waals surface area contributed by atoms with Crippen molar-refractivity contribution < 1.29 is 5.11 Å². The number of rotatable bonds is 3. The minimum Gasteiger partial charge on any atom is -0.395 e. The monoisotopic (exact) mass is 160 g/mol. The van der Waals surface area contributed by atoms with Crippen LogP contribution in [0.4, 0.5) is 0 Å². The standard InChI is InChI=1S/C6H12N2OS/c1-2-3-7-6(10)8-4-5-9/h2-3,9H,4-5H2,1H3,(H2,7,8,10). The lowest BCUT2D eigenvalue weighted by Gasteiger charge is -2.03. The first kappa shape index (κ1) is 9.39. The zero-order valence-corrected chi connectivity index (χ0v) is 6.74. The van der Waals surface area contributed by atoms with Crippen molar-refractivity contribution in [1.29, 1.82) is 0 Å². The molecule has 0 bridgehead atoms. The highest BCUT2D eigenvalue weighted by molar-refractivity contribution is 7.80. The molecule has 0 unspecified atom stereocenters. The molecule has 0 aliphatic heterocycles. The molecule has 0 aromatic carbocycles. The number of allylic oxidation sites excluding steroid dienone is 1. The van der Waals surface area contributed by atoms with Gasteiger partial charge in [-0.15, -0.1) is 0 Å². The summed E-state index contributed by atoms with van der Waals surface area (Å²) in [5.74, 6) is 0. The van der Waals surface area contributed by atoms with Crippen molar-refractivity contribution in [3.63, 3.8) is 0 Å². The van der Waals surface area contributed by atoms with Crippen LogP contribution in [0.25, 0.3) is 0 Å². The molecule has 4 heteroatoms. The Bertz CT molecular complexity index is 125. The van der Waals surface area contributed by atoms with E-state index < -0.39 is 0 Å². The summed E-state index contributed by atoms with van der Waals surface area (Å²) in [5.41, 5.74) is 0. The lowest BCUT2D eigenvalue weighted by Crippen LogP contribution is -2.33. The second-order valence-electron chi connectivity index (χ2n) is 1.62. The molecule has 0 rings (SSSR count). The lowest BCUT2D eigenvalue weighted by atomic mass is 10.6. The molecular formula is C6H12N2OS. The van der Waals surface area contributed by atoms with E-state index in [0.29, 0.717) is 11.7 Å². The summed E-state index contributed by atoms with van der Waals surface area (Å²) in [7, 11) is 0. The minimum absolute atomic E-state index is 0.0949. The second kappa shape index (κ2) is 6.51. The maximum absolute atomic E-state index is 8.37. The van der Waals surface area contributed by atoms with E-state index in [-0.39, 0.29) is 6.61 Å². The Morgan fingerprint density at radius 3 is 2.90 bits per heavy atom. The van der Waals surface area contributed by atoms with Crippen LogP contribution in [0, 0.1) is 0 Å². The Kier molecular flexibility index (Phi) is 6.11. The molecule has 3 nitrogen and oxygen atoms in total. The number of aliphatic hydroxyl groups excluding tert-OH is 1. The van der Waals surface area contributed by atoms with Gasteiger partial charge in [0.1, 0.15) is 0 Å². The van der Waals surface area contributed by atoms with Gasteiger partial charge in [-0.2, -0.15) is 0 Å². The Labute approximate surface area is 66.1 Å². The first-order valence-corrected chi connectivity index (χ1v) is 3.48. The molecular weight excluding hydrogens is 148 g/mol. The smallest absolute Gasteiger partial charge is 0.170 e. The molecule has 0 saturated heterocycles. The van der Waals surface area contributed by atoms with Gasteiger partial charge in [-0.25, -0.2) is 0 Å². The molecule has 0 aromatic heterocycles. The van der Waals surface area contributed by atoms with Crippen LogP contribution in [0.15, 0.2) is 12.3 Å². The van der Waals surface area contributed by atoms with Crippen LogP contribution in [0.3, 0.4) is 0 Å². The fourth-order valence-corrected chi connectivity index (χ4v) is 0.550. The van der Waals surface area contributed by atoms with E-state index in [1.54, 1.807) is 6.20 Å². The predicted octanol–water partition coefficient (Wildman–Crippen LogP) is -0.0236. The van der Waals surface area contributed by atoms with E-state index in [2.05, 4.69) is 10.6 Å². The third kappa shape index (κ3) is 5.53. The van der Waals surface area contributed by atoms with E-state index in [0.717, 1.165) is 0 Å². The summed E-state index contributed by atoms with van der Waals surface area (Å²) in [4.78, 5) is 0. The normalized spacial score (nSPS) is 9.80. The summed E-state index contributed by atoms with van der Waals surface area (Å²) in [6.07, 6.45) is 3.57. The Morgan fingerprint density at radius 2 is 2.40 bits per heavy atom. The number of thiocarbonyl (C=S) groups is 1. The van der Waals surface area contributed by atoms with Gasteiger partial charge in [0.25, 0.3) is 0 Å². The molecule has 10 heavy (non-hydrogen) atoms. The first-order chi connectivity index (χ1) is 4.81. The predicted molar refractivity (Wildman–Crippen MR) is 45.6 cm³/mol. The fourth-order valence-electron chi connectivity index (χ4n) is 0.379. The minimum atomic E-state index is 0.0949. The third-order valence-electron chi connectivity index (χ3n) is 0.778. The first-order valence-electron chi connectivity index (χ1n) is 3.07. The maximum Gasteiger partial charge on any atom is 0.170 e. The highest BCUT2D eigenvalue weighted by Crippen LogP contribution is 1.67. The highest BCUT2D eigenvalue weighted by atomic mass is 32.1. The molecule has 0 radical (unpaired) electrons. The second-order valence-corrected chi connectivity index (χ2v) is 2.03. The van der Waals surface area contributed by atoms with Crippen LogP contribution in [0.5, 0.6) is 0 Å². The van der Waals surface area contributed by atoms with E-state index in [1.807, 2.05) is 13.0 Å². The van der Waals surface area contributed by atoms with Gasteiger partial charge in [0, 0.05) is 6.54 Å². The quantitative estimate of drug-likeness (QED) is 0.508. The summed E-state index contributed by atoms with van der Waals surface area (Å²) in [5, 5.41) is 14.5. The molecule has 0 aliphatic rings. The summed E-state index contributed by atoms with van der Waals surface area (Å²) < 4.78 is 0. The van der Waals surface area contributed by atoms with Crippen LogP contribution in [0.1, 0.15) is 6.92 Å². The van der Waals surface area contributed by atoms with Crippen LogP contribution in [-0.4, -0.2) is 23.4 Å². The Balaban J connectivity index is 3.25. The highest BCUT2D eigenvalue weighted by Gasteiger charge is 1.86. The number of hydrogen-bond acceptors (Lipinski definition) is 2. The van der Waals surface area contributed by atoms with E-state index in [1.165, 1.54) is 0 Å². The van der Waals surface area contributed by atoms with Crippen LogP contribution in [0.2, 0.25) is 0 Å². The van der Waals surface area contributed by atoms with E-state index in [4.69, 9.17) is 17.3 Å². The summed E-state index contributed by atoms with van der Waals surface area (Å²) >= 11 is 4.80. The van der Waals surface area contributed by atoms with Crippen molar-refractivity contribution in [3.05, 3.63) is 12.3 Å². The van der Waals surface area contributed by atoms with Crippen LogP contribution in [-0.2, 0) is 0 Å². The Hall–Kier alpha value is -0.610. The molecule has 0 atom stereocenters. The number of hydrogen-bond donors (Lipinski definition) is 3. The summed E-state index contributed by atoms with van der Waals surface area (Å²) in [6.45, 7) is 2.47. The molecule has 0 amide bonds. The summed E-state index contributed by atoms with van der Waals surface area (Å²) in [6, 6.07) is 0. The fraction of sp³-hybridized carbons (Fsp3) is 0.500. The van der Waals surface area contributed by atoms with Crippen molar-refractivity contribution in [3.8, 4) is 0 Å². The van der Waals surface area contributed by atoms with Gasteiger partial charge in [-0.05, 0) is 25.3 Å². The zero-order chi connectivity index (χ0) is 7.82. The average molecular weight is 160 g/mol. The number of aliphatic hydroxyl groups is 1. The van der Waals surface area contributed by atoms with Crippen molar-refractivity contribution in [2.24, 2.45) is 0 Å². The van der Waals surface area contributed by atoms with Gasteiger partial charge in [0.15, 0.2) is 5.11 Å². The Morgan fingerprint density at radius 1 is 1.70 bits per heavy atom. The molecule has 0 aromatic rings. The van der Waals surface area contributed by atoms with Crippen molar-refractivity contribution in [2.45, 2.75) is 6.92 Å². The van der Waals surface area contributed by atoms with Gasteiger partial charge in [0.05, 0.1) is 6.61 Å². The van der Waals surface area contributed by atoms with E-state index >= 15 is 0 Å². The van der Waals surface area contributed by atoms with Gasteiger partial charge < -0.3 is 15.7 Å². The molecule has 58 valence electrons. The van der Waals surface area contributed by atoms with Gasteiger partial charge in [-0.3, -0.25) is 0 Å². The molecule has 0 saturated carbocycles. The molecule has 0 fully saturated rings. The largest absolute Gasteiger partial charge is 0.395 e. The zero-order valence-electron chi connectivity index (χ0n) is 5.92. The molecule has 0 aliphatic carbocycles. The maximum atomic E-state index is 8.37. The van der Waals surface area contributed by atoms with Crippen molar-refractivity contribution in [2.75, 3.05) is 13.2 Å². The van der Waals surface area contributed by atoms with E-state index in [9.17, 15) is 0 Å². The number of nitrogens with one attached hydrogen (secondary N) is 2.